The number of hydrogen-bond acceptors (Lipinski definition) is 2. The summed E-state index contributed by atoms with van der Waals surface area (Å²) >= 11 is 0. The summed E-state index contributed by atoms with van der Waals surface area (Å²) in [5.74, 6) is 0. The van der Waals surface area contributed by atoms with Gasteiger partial charge in [0.2, 0.25) is 0 Å². The van der Waals surface area contributed by atoms with Crippen LogP contribution in [0.15, 0.2) is 18.2 Å². The van der Waals surface area contributed by atoms with Crippen LogP contribution in [0.3, 0.4) is 0 Å². The fourth-order valence-corrected chi connectivity index (χ4v) is 3.79. The van der Waals surface area contributed by atoms with E-state index in [-0.39, 0.29) is 18.3 Å². The number of aryl methyl sites for hydroxylation is 1. The van der Waals surface area contributed by atoms with E-state index in [0.29, 0.717) is 5.41 Å². The first-order valence-electron chi connectivity index (χ1n) is 7.83. The third-order valence-corrected chi connectivity index (χ3v) is 5.95. The highest BCUT2D eigenvalue weighted by Gasteiger charge is 2.56. The number of fused-ring (bicyclic) bond motifs is 2. The van der Waals surface area contributed by atoms with Crippen molar-refractivity contribution in [1.82, 2.24) is 0 Å². The minimum Gasteiger partial charge on any atom is -0.399 e. The molecule has 0 N–H and O–H groups in total. The lowest BCUT2D eigenvalue weighted by Crippen LogP contribution is -2.41. The van der Waals surface area contributed by atoms with Gasteiger partial charge in [-0.3, -0.25) is 0 Å². The van der Waals surface area contributed by atoms with Crippen LogP contribution in [0.1, 0.15) is 58.1 Å². The zero-order valence-electron chi connectivity index (χ0n) is 13.0. The monoisotopic (exact) mass is 270 g/mol. The first kappa shape index (κ1) is 12.9. The fourth-order valence-electron chi connectivity index (χ4n) is 3.79. The second-order valence-corrected chi connectivity index (χ2v) is 7.75. The van der Waals surface area contributed by atoms with Crippen LogP contribution in [0.25, 0.3) is 0 Å². The lowest BCUT2D eigenvalue weighted by Gasteiger charge is -2.32. The Morgan fingerprint density at radius 3 is 2.20 bits per heavy atom. The summed E-state index contributed by atoms with van der Waals surface area (Å²) < 4.78 is 12.5. The molecule has 1 aromatic rings. The minimum atomic E-state index is -0.254. The molecule has 2 fully saturated rings. The third kappa shape index (κ3) is 1.60. The highest BCUT2D eigenvalue weighted by molar-refractivity contribution is 6.62. The minimum absolute atomic E-state index is 0.203. The average Bonchev–Trinajstić information content (AvgIpc) is 2.99. The molecule has 1 saturated heterocycles. The van der Waals surface area contributed by atoms with E-state index in [9.17, 15) is 0 Å². The van der Waals surface area contributed by atoms with Crippen molar-refractivity contribution in [2.75, 3.05) is 0 Å². The van der Waals surface area contributed by atoms with Crippen LogP contribution in [0.5, 0.6) is 0 Å². The van der Waals surface area contributed by atoms with E-state index in [4.69, 9.17) is 9.31 Å². The Kier molecular flexibility index (Phi) is 2.38. The highest BCUT2D eigenvalue weighted by Crippen LogP contribution is 2.56. The number of hydrogen-bond donors (Lipinski definition) is 0. The van der Waals surface area contributed by atoms with E-state index >= 15 is 0 Å². The smallest absolute Gasteiger partial charge is 0.399 e. The molecule has 20 heavy (non-hydrogen) atoms. The summed E-state index contributed by atoms with van der Waals surface area (Å²) in [4.78, 5) is 0. The Morgan fingerprint density at radius 2 is 1.60 bits per heavy atom. The van der Waals surface area contributed by atoms with Gasteiger partial charge in [0.05, 0.1) is 11.2 Å². The zero-order chi connectivity index (χ0) is 14.2. The highest BCUT2D eigenvalue weighted by atomic mass is 16.7. The summed E-state index contributed by atoms with van der Waals surface area (Å²) in [7, 11) is -0.203. The molecule has 106 valence electrons. The largest absolute Gasteiger partial charge is 0.495 e. The van der Waals surface area contributed by atoms with Gasteiger partial charge in [0.15, 0.2) is 0 Å². The Morgan fingerprint density at radius 1 is 0.950 bits per heavy atom. The first-order chi connectivity index (χ1) is 9.35. The fraction of sp³-hybridized carbons (Fsp3) is 0.647. The second kappa shape index (κ2) is 3.69. The molecular formula is C17H23BO2. The Hall–Kier alpha value is -0.795. The third-order valence-electron chi connectivity index (χ3n) is 5.95. The lowest BCUT2D eigenvalue weighted by atomic mass is 9.72. The van der Waals surface area contributed by atoms with Gasteiger partial charge in [-0.25, -0.2) is 0 Å². The maximum atomic E-state index is 6.27. The second-order valence-electron chi connectivity index (χ2n) is 7.75. The van der Waals surface area contributed by atoms with E-state index in [2.05, 4.69) is 45.9 Å². The van der Waals surface area contributed by atoms with Crippen LogP contribution >= 0.6 is 0 Å². The Bertz CT molecular complexity index is 556. The summed E-state index contributed by atoms with van der Waals surface area (Å²) in [5.41, 5.74) is 4.32. The van der Waals surface area contributed by atoms with Crippen molar-refractivity contribution >= 4 is 12.6 Å². The van der Waals surface area contributed by atoms with Gasteiger partial charge < -0.3 is 9.31 Å². The summed E-state index contributed by atoms with van der Waals surface area (Å²) in [6.07, 6.45) is 5.23. The van der Waals surface area contributed by atoms with Crippen LogP contribution in [-0.2, 0) is 21.1 Å². The van der Waals surface area contributed by atoms with Crippen molar-refractivity contribution in [3.05, 3.63) is 29.3 Å². The quantitative estimate of drug-likeness (QED) is 0.730. The molecule has 1 saturated carbocycles. The van der Waals surface area contributed by atoms with E-state index in [0.717, 1.165) is 0 Å². The molecule has 4 rings (SSSR count). The predicted molar refractivity (Wildman–Crippen MR) is 81.4 cm³/mol. The number of rotatable bonds is 1. The molecule has 0 atom stereocenters. The van der Waals surface area contributed by atoms with Gasteiger partial charge in [-0.05, 0) is 75.4 Å². The van der Waals surface area contributed by atoms with Crippen LogP contribution in [-0.4, -0.2) is 18.3 Å². The van der Waals surface area contributed by atoms with Crippen molar-refractivity contribution in [2.45, 2.75) is 70.0 Å². The van der Waals surface area contributed by atoms with Gasteiger partial charge in [-0.2, -0.15) is 0 Å². The molecule has 0 aromatic heterocycles. The summed E-state index contributed by atoms with van der Waals surface area (Å²) in [6, 6.07) is 6.67. The molecule has 0 amide bonds. The van der Waals surface area contributed by atoms with Crippen LogP contribution in [0.4, 0.5) is 0 Å². The molecule has 0 radical (unpaired) electrons. The SMILES string of the molecule is CC1(C)OB(c2cccc3c2C2(CC3)CC2)OC1(C)C. The topological polar surface area (TPSA) is 18.5 Å². The van der Waals surface area contributed by atoms with E-state index in [1.54, 1.807) is 5.56 Å². The lowest BCUT2D eigenvalue weighted by molar-refractivity contribution is 0.00578. The molecule has 0 bridgehead atoms. The van der Waals surface area contributed by atoms with Crippen molar-refractivity contribution in [3.8, 4) is 0 Å². The van der Waals surface area contributed by atoms with Crippen molar-refractivity contribution in [1.29, 1.82) is 0 Å². The molecule has 3 aliphatic rings. The Balaban J connectivity index is 1.77. The first-order valence-corrected chi connectivity index (χ1v) is 7.83. The standard InChI is InChI=1S/C17H23BO2/c1-15(2)16(3,4)20-18(19-15)13-7-5-6-12-8-9-17(10-11-17)14(12)13/h5-7H,8-11H2,1-4H3. The van der Waals surface area contributed by atoms with Gasteiger partial charge in [0.1, 0.15) is 0 Å². The molecule has 3 heteroatoms. The normalized spacial score (nSPS) is 27.9. The molecule has 1 spiro atoms. The molecule has 2 aliphatic carbocycles. The van der Waals surface area contributed by atoms with E-state index < -0.39 is 0 Å². The summed E-state index contributed by atoms with van der Waals surface area (Å²) in [5, 5.41) is 0. The molecule has 1 aromatic carbocycles. The molecular weight excluding hydrogens is 247 g/mol. The van der Waals surface area contributed by atoms with Crippen molar-refractivity contribution in [2.24, 2.45) is 0 Å². The Labute approximate surface area is 122 Å². The van der Waals surface area contributed by atoms with Gasteiger partial charge in [-0.1, -0.05) is 18.2 Å². The number of benzene rings is 1. The van der Waals surface area contributed by atoms with Crippen molar-refractivity contribution in [3.63, 3.8) is 0 Å². The molecule has 0 unspecified atom stereocenters. The maximum Gasteiger partial charge on any atom is 0.495 e. The molecule has 1 heterocycles. The maximum absolute atomic E-state index is 6.27. The van der Waals surface area contributed by atoms with Crippen LogP contribution < -0.4 is 5.46 Å². The zero-order valence-corrected chi connectivity index (χ0v) is 13.0. The van der Waals surface area contributed by atoms with Gasteiger partial charge in [0.25, 0.3) is 0 Å². The van der Waals surface area contributed by atoms with Gasteiger partial charge in [-0.15, -0.1) is 0 Å². The van der Waals surface area contributed by atoms with Crippen LogP contribution in [0, 0.1) is 0 Å². The van der Waals surface area contributed by atoms with Crippen molar-refractivity contribution < 1.29 is 9.31 Å². The molecule has 2 nitrogen and oxygen atoms in total. The average molecular weight is 270 g/mol. The van der Waals surface area contributed by atoms with E-state index in [1.807, 2.05) is 0 Å². The predicted octanol–water partition coefficient (Wildman–Crippen LogP) is 2.96. The van der Waals surface area contributed by atoms with Gasteiger partial charge in [0, 0.05) is 0 Å². The summed E-state index contributed by atoms with van der Waals surface area (Å²) in [6.45, 7) is 8.51. The molecule has 1 aliphatic heterocycles. The van der Waals surface area contributed by atoms with Crippen LogP contribution in [0.2, 0.25) is 0 Å². The van der Waals surface area contributed by atoms with E-state index in [1.165, 1.54) is 36.7 Å². The van der Waals surface area contributed by atoms with Gasteiger partial charge >= 0.3 is 7.12 Å².